The minimum atomic E-state index is -4.62. The first-order valence-electron chi connectivity index (χ1n) is 3.90. The van der Waals surface area contributed by atoms with Gasteiger partial charge in [-0.05, 0) is 11.6 Å². The first-order valence-corrected chi connectivity index (χ1v) is 4.28. The lowest BCUT2D eigenvalue weighted by Gasteiger charge is -2.13. The van der Waals surface area contributed by atoms with E-state index in [-0.39, 0.29) is 17.1 Å². The third-order valence-corrected chi connectivity index (χ3v) is 2.17. The van der Waals surface area contributed by atoms with Gasteiger partial charge in [0.2, 0.25) is 0 Å². The Labute approximate surface area is 89.1 Å². The van der Waals surface area contributed by atoms with Gasteiger partial charge in [-0.25, -0.2) is 0 Å². The number of hydrogen-bond acceptors (Lipinski definition) is 2. The Morgan fingerprint density at radius 1 is 1.40 bits per heavy atom. The van der Waals surface area contributed by atoms with E-state index in [2.05, 4.69) is 0 Å². The first-order chi connectivity index (χ1) is 6.91. The Morgan fingerprint density at radius 3 is 2.40 bits per heavy atom. The van der Waals surface area contributed by atoms with Crippen molar-refractivity contribution in [2.75, 3.05) is 0 Å². The van der Waals surface area contributed by atoms with Crippen LogP contribution < -0.4 is 5.73 Å². The fourth-order valence-corrected chi connectivity index (χ4v) is 1.42. The van der Waals surface area contributed by atoms with Crippen molar-refractivity contribution in [3.8, 4) is 6.07 Å². The highest BCUT2D eigenvalue weighted by Gasteiger charge is 2.36. The largest absolute Gasteiger partial charge is 0.418 e. The molecule has 0 aliphatic carbocycles. The maximum Gasteiger partial charge on any atom is 0.418 e. The second-order valence-corrected chi connectivity index (χ2v) is 3.18. The van der Waals surface area contributed by atoms with Crippen molar-refractivity contribution < 1.29 is 13.2 Å². The predicted octanol–water partition coefficient (Wildman–Crippen LogP) is 2.69. The Kier molecular flexibility index (Phi) is 3.22. The molecule has 0 aliphatic heterocycles. The Morgan fingerprint density at radius 2 is 2.00 bits per heavy atom. The maximum absolute atomic E-state index is 12.6. The fourth-order valence-electron chi connectivity index (χ4n) is 1.22. The van der Waals surface area contributed by atoms with Crippen LogP contribution in [0.4, 0.5) is 13.2 Å². The molecule has 0 atom stereocenters. The van der Waals surface area contributed by atoms with Crippen molar-refractivity contribution in [3.63, 3.8) is 0 Å². The molecule has 1 aromatic rings. The van der Waals surface area contributed by atoms with E-state index in [1.165, 1.54) is 18.2 Å². The van der Waals surface area contributed by atoms with Crippen molar-refractivity contribution in [2.24, 2.45) is 5.73 Å². The molecule has 0 heterocycles. The molecule has 2 N–H and O–H groups in total. The van der Waals surface area contributed by atoms with Crippen LogP contribution in [0, 0.1) is 11.3 Å². The molecule has 0 bridgehead atoms. The van der Waals surface area contributed by atoms with Crippen molar-refractivity contribution in [3.05, 3.63) is 33.8 Å². The number of nitrogens with two attached hydrogens (primary N) is 1. The Balaban J connectivity index is 3.57. The molecular weight excluding hydrogens is 229 g/mol. The number of halogens is 4. The van der Waals surface area contributed by atoms with Gasteiger partial charge in [-0.2, -0.15) is 18.4 Å². The van der Waals surface area contributed by atoms with Gasteiger partial charge >= 0.3 is 6.18 Å². The fraction of sp³-hybridized carbons (Fsp3) is 0.222. The summed E-state index contributed by atoms with van der Waals surface area (Å²) in [7, 11) is 0. The maximum atomic E-state index is 12.6. The number of nitrogens with zero attached hydrogens (tertiary/aromatic N) is 1. The van der Waals surface area contributed by atoms with Crippen molar-refractivity contribution >= 4 is 11.6 Å². The van der Waals surface area contributed by atoms with Crippen LogP contribution in [0.5, 0.6) is 0 Å². The molecule has 0 fully saturated rings. The molecule has 15 heavy (non-hydrogen) atoms. The molecule has 6 heteroatoms. The van der Waals surface area contributed by atoms with Gasteiger partial charge in [0.15, 0.2) is 0 Å². The zero-order valence-electron chi connectivity index (χ0n) is 7.40. The van der Waals surface area contributed by atoms with E-state index in [9.17, 15) is 13.2 Å². The molecule has 2 nitrogen and oxygen atoms in total. The number of rotatable bonds is 1. The lowest BCUT2D eigenvalue weighted by Crippen LogP contribution is -2.14. The van der Waals surface area contributed by atoms with Crippen molar-refractivity contribution in [1.29, 1.82) is 5.26 Å². The highest BCUT2D eigenvalue weighted by atomic mass is 35.5. The molecule has 0 saturated heterocycles. The highest BCUT2D eigenvalue weighted by Crippen LogP contribution is 2.37. The minimum Gasteiger partial charge on any atom is -0.326 e. The molecule has 0 spiro atoms. The molecule has 0 amide bonds. The smallest absolute Gasteiger partial charge is 0.326 e. The van der Waals surface area contributed by atoms with Gasteiger partial charge in [-0.3, -0.25) is 0 Å². The van der Waals surface area contributed by atoms with E-state index in [1.54, 1.807) is 0 Å². The topological polar surface area (TPSA) is 49.8 Å². The van der Waals surface area contributed by atoms with Crippen LogP contribution in [0.2, 0.25) is 5.02 Å². The quantitative estimate of drug-likeness (QED) is 0.812. The summed E-state index contributed by atoms with van der Waals surface area (Å²) in [6, 6.07) is 3.84. The van der Waals surface area contributed by atoms with Crippen LogP contribution in [0.25, 0.3) is 0 Å². The molecule has 80 valence electrons. The second-order valence-electron chi connectivity index (χ2n) is 2.77. The van der Waals surface area contributed by atoms with Gasteiger partial charge in [-0.15, -0.1) is 0 Å². The normalized spacial score (nSPS) is 11.2. The third kappa shape index (κ3) is 2.22. The molecule has 0 aromatic heterocycles. The van der Waals surface area contributed by atoms with Gasteiger partial charge in [-0.1, -0.05) is 17.7 Å². The van der Waals surface area contributed by atoms with Gasteiger partial charge in [0.1, 0.15) is 6.07 Å². The lowest BCUT2D eigenvalue weighted by molar-refractivity contribution is -0.138. The summed E-state index contributed by atoms with van der Waals surface area (Å²) in [6.07, 6.45) is -4.62. The van der Waals surface area contributed by atoms with E-state index < -0.39 is 17.3 Å². The molecule has 0 saturated carbocycles. The minimum absolute atomic E-state index is 0.136. The summed E-state index contributed by atoms with van der Waals surface area (Å²) in [6.45, 7) is -0.291. The molecule has 1 aromatic carbocycles. The van der Waals surface area contributed by atoms with E-state index in [4.69, 9.17) is 22.6 Å². The number of alkyl halides is 3. The predicted molar refractivity (Wildman–Crippen MR) is 49.1 cm³/mol. The summed E-state index contributed by atoms with van der Waals surface area (Å²) >= 11 is 5.50. The van der Waals surface area contributed by atoms with Crippen LogP contribution in [0.15, 0.2) is 12.1 Å². The first kappa shape index (κ1) is 11.8. The number of nitriles is 1. The van der Waals surface area contributed by atoms with Gasteiger partial charge in [0, 0.05) is 6.54 Å². The SMILES string of the molecule is N#Cc1c(Cl)ccc(CN)c1C(F)(F)F. The zero-order chi connectivity index (χ0) is 11.6. The summed E-state index contributed by atoms with van der Waals surface area (Å²) in [5.41, 5.74) is 3.41. The van der Waals surface area contributed by atoms with Gasteiger partial charge in [0.05, 0.1) is 16.1 Å². The summed E-state index contributed by atoms with van der Waals surface area (Å²) < 4.78 is 37.8. The second kappa shape index (κ2) is 4.09. The highest BCUT2D eigenvalue weighted by molar-refractivity contribution is 6.31. The van der Waals surface area contributed by atoms with Crippen LogP contribution >= 0.6 is 11.6 Å². The molecule has 0 radical (unpaired) electrons. The van der Waals surface area contributed by atoms with Gasteiger partial charge < -0.3 is 5.73 Å². The molecule has 0 unspecified atom stereocenters. The van der Waals surface area contributed by atoms with Crippen LogP contribution in [0.1, 0.15) is 16.7 Å². The van der Waals surface area contributed by atoms with Gasteiger partial charge in [0.25, 0.3) is 0 Å². The van der Waals surface area contributed by atoms with Crippen molar-refractivity contribution in [1.82, 2.24) is 0 Å². The van der Waals surface area contributed by atoms with E-state index in [0.29, 0.717) is 0 Å². The van der Waals surface area contributed by atoms with E-state index >= 15 is 0 Å². The average Bonchev–Trinajstić information content (AvgIpc) is 2.15. The zero-order valence-corrected chi connectivity index (χ0v) is 8.15. The summed E-state index contributed by atoms with van der Waals surface area (Å²) in [5, 5.41) is 8.39. The number of hydrogen-bond donors (Lipinski definition) is 1. The van der Waals surface area contributed by atoms with Crippen molar-refractivity contribution in [2.45, 2.75) is 12.7 Å². The van der Waals surface area contributed by atoms with Crippen LogP contribution in [0.3, 0.4) is 0 Å². The van der Waals surface area contributed by atoms with Crippen LogP contribution in [-0.2, 0) is 12.7 Å². The molecular formula is C9H6ClF3N2. The lowest BCUT2D eigenvalue weighted by atomic mass is 10.0. The average molecular weight is 235 g/mol. The van der Waals surface area contributed by atoms with Crippen LogP contribution in [-0.4, -0.2) is 0 Å². The standard InChI is InChI=1S/C9H6ClF3N2/c10-7-2-1-5(3-14)8(6(7)4-15)9(11,12)13/h1-2H,3,14H2. The van der Waals surface area contributed by atoms with E-state index in [0.717, 1.165) is 0 Å². The Hall–Kier alpha value is -1.25. The molecule has 0 aliphatic rings. The monoisotopic (exact) mass is 234 g/mol. The summed E-state index contributed by atoms with van der Waals surface area (Å²) in [4.78, 5) is 0. The molecule has 1 rings (SSSR count). The Bertz CT molecular complexity index is 421. The third-order valence-electron chi connectivity index (χ3n) is 1.86. The summed E-state index contributed by atoms with van der Waals surface area (Å²) in [5.74, 6) is 0. The van der Waals surface area contributed by atoms with E-state index in [1.807, 2.05) is 0 Å². The number of benzene rings is 1.